The summed E-state index contributed by atoms with van der Waals surface area (Å²) >= 11 is 5.15. The van der Waals surface area contributed by atoms with Crippen molar-refractivity contribution in [3.63, 3.8) is 0 Å². The first-order valence-electron chi connectivity index (χ1n) is 9.52. The molecule has 2 amide bonds. The fraction of sp³-hybridized carbons (Fsp3) is 0.227. The molecule has 0 spiro atoms. The van der Waals surface area contributed by atoms with Crippen LogP contribution in [0, 0.1) is 0 Å². The number of nitrogens with one attached hydrogen (secondary N) is 4. The van der Waals surface area contributed by atoms with Crippen LogP contribution in [-0.2, 0) is 16.0 Å². The van der Waals surface area contributed by atoms with Crippen molar-refractivity contribution < 1.29 is 9.59 Å². The van der Waals surface area contributed by atoms with Crippen molar-refractivity contribution in [2.75, 3.05) is 11.9 Å². The molecule has 0 fully saturated rings. The Labute approximate surface area is 176 Å². The van der Waals surface area contributed by atoms with Crippen LogP contribution in [0.15, 0.2) is 60.7 Å². The molecule has 0 aliphatic rings. The predicted octanol–water partition coefficient (Wildman–Crippen LogP) is 3.18. The van der Waals surface area contributed by atoms with Crippen molar-refractivity contribution >= 4 is 40.9 Å². The van der Waals surface area contributed by atoms with Gasteiger partial charge in [-0.25, -0.2) is 0 Å². The van der Waals surface area contributed by atoms with Gasteiger partial charge < -0.3 is 10.6 Å². The lowest BCUT2D eigenvalue weighted by Crippen LogP contribution is -2.47. The molecule has 0 atom stereocenters. The lowest BCUT2D eigenvalue weighted by molar-refractivity contribution is -0.124. The minimum atomic E-state index is -0.412. The van der Waals surface area contributed by atoms with Crippen LogP contribution in [0.2, 0.25) is 0 Å². The molecule has 2 aromatic carbocycles. The third-order valence-electron chi connectivity index (χ3n) is 4.00. The van der Waals surface area contributed by atoms with Gasteiger partial charge in [0.05, 0.1) is 6.54 Å². The fourth-order valence-corrected chi connectivity index (χ4v) is 2.60. The second kappa shape index (κ2) is 12.3. The molecule has 0 saturated heterocycles. The van der Waals surface area contributed by atoms with E-state index < -0.39 is 5.91 Å². The number of carbonyl (C=O) groups excluding carboxylic acids is 2. The van der Waals surface area contributed by atoms with Gasteiger partial charge >= 0.3 is 0 Å². The quantitative estimate of drug-likeness (QED) is 0.305. The molecule has 0 aromatic heterocycles. The highest BCUT2D eigenvalue weighted by Gasteiger charge is 2.04. The van der Waals surface area contributed by atoms with Crippen molar-refractivity contribution in [2.24, 2.45) is 0 Å². The Morgan fingerprint density at radius 2 is 1.72 bits per heavy atom. The molecule has 4 N–H and O–H groups in total. The van der Waals surface area contributed by atoms with Gasteiger partial charge in [-0.15, -0.1) is 0 Å². The van der Waals surface area contributed by atoms with Crippen molar-refractivity contribution in [1.29, 1.82) is 0 Å². The van der Waals surface area contributed by atoms with E-state index in [1.807, 2.05) is 42.5 Å². The van der Waals surface area contributed by atoms with Crippen molar-refractivity contribution in [2.45, 2.75) is 26.2 Å². The molecular weight excluding hydrogens is 384 g/mol. The van der Waals surface area contributed by atoms with Crippen LogP contribution in [0.3, 0.4) is 0 Å². The zero-order chi connectivity index (χ0) is 20.9. The van der Waals surface area contributed by atoms with Crippen LogP contribution < -0.4 is 21.5 Å². The van der Waals surface area contributed by atoms with Crippen molar-refractivity contribution in [3.8, 4) is 0 Å². The first kappa shape index (κ1) is 22.1. The van der Waals surface area contributed by atoms with E-state index in [1.54, 1.807) is 6.08 Å². The van der Waals surface area contributed by atoms with Gasteiger partial charge in [0.2, 0.25) is 5.91 Å². The van der Waals surface area contributed by atoms with Crippen LogP contribution >= 0.6 is 12.2 Å². The number of hydrogen-bond donors (Lipinski definition) is 4. The predicted molar refractivity (Wildman–Crippen MR) is 121 cm³/mol. The van der Waals surface area contributed by atoms with Gasteiger partial charge in [-0.05, 0) is 54.4 Å². The molecule has 6 nitrogen and oxygen atoms in total. The van der Waals surface area contributed by atoms with Crippen LogP contribution in [0.4, 0.5) is 5.69 Å². The summed E-state index contributed by atoms with van der Waals surface area (Å²) in [6, 6.07) is 17.4. The number of hydrazine groups is 1. The molecular formula is C22H26N4O2S. The van der Waals surface area contributed by atoms with Gasteiger partial charge in [-0.2, -0.15) is 0 Å². The summed E-state index contributed by atoms with van der Waals surface area (Å²) in [5.41, 5.74) is 8.07. The molecule has 0 bridgehead atoms. The number of thiocarbonyl (C=S) groups is 1. The topological polar surface area (TPSA) is 82.3 Å². The molecule has 2 aromatic rings. The summed E-state index contributed by atoms with van der Waals surface area (Å²) in [4.78, 5) is 23.6. The molecule has 7 heteroatoms. The first-order valence-corrected chi connectivity index (χ1v) is 9.93. The first-order chi connectivity index (χ1) is 14.1. The van der Waals surface area contributed by atoms with Crippen LogP contribution in [-0.4, -0.2) is 23.5 Å². The molecule has 0 heterocycles. The summed E-state index contributed by atoms with van der Waals surface area (Å²) in [5, 5.41) is 5.76. The lowest BCUT2D eigenvalue weighted by atomic mass is 10.1. The number of carbonyl (C=O) groups is 2. The number of amides is 2. The number of anilines is 1. The Morgan fingerprint density at radius 3 is 2.41 bits per heavy atom. The normalized spacial score (nSPS) is 10.4. The zero-order valence-electron chi connectivity index (χ0n) is 16.4. The standard InChI is InChI=1S/C22H26N4O2S/c1-2-3-7-18-10-13-19(14-11-18)24-22(29)26-25-21(28)16-23-20(27)15-12-17-8-5-4-6-9-17/h4-6,8-15H,2-3,7,16H2,1H3,(H,23,27)(H,25,28)(H2,24,26,29)/b15-12+. The third kappa shape index (κ3) is 9.03. The Balaban J connectivity index is 1.65. The number of unbranched alkanes of at least 4 members (excludes halogenated alkanes) is 1. The summed E-state index contributed by atoms with van der Waals surface area (Å²) < 4.78 is 0. The van der Waals surface area contributed by atoms with E-state index in [1.165, 1.54) is 11.6 Å². The van der Waals surface area contributed by atoms with Crippen LogP contribution in [0.25, 0.3) is 6.08 Å². The van der Waals surface area contributed by atoms with Gasteiger partial charge in [0.1, 0.15) is 0 Å². The fourth-order valence-electron chi connectivity index (χ4n) is 2.43. The Bertz CT molecular complexity index is 836. The molecule has 0 saturated carbocycles. The SMILES string of the molecule is CCCCc1ccc(NC(=S)NNC(=O)CNC(=O)/C=C/c2ccccc2)cc1. The Morgan fingerprint density at radius 1 is 1.00 bits per heavy atom. The smallest absolute Gasteiger partial charge is 0.257 e. The average molecular weight is 411 g/mol. The van der Waals surface area contributed by atoms with Crippen LogP contribution in [0.1, 0.15) is 30.9 Å². The molecule has 0 unspecified atom stereocenters. The van der Waals surface area contributed by atoms with E-state index in [0.29, 0.717) is 0 Å². The third-order valence-corrected chi connectivity index (χ3v) is 4.20. The second-order valence-corrected chi connectivity index (χ2v) is 6.80. The monoisotopic (exact) mass is 410 g/mol. The Hall–Kier alpha value is -3.19. The van der Waals surface area contributed by atoms with Gasteiger partial charge in [-0.1, -0.05) is 55.8 Å². The Kier molecular flexibility index (Phi) is 9.38. The maximum atomic E-state index is 11.8. The molecule has 0 radical (unpaired) electrons. The highest BCUT2D eigenvalue weighted by molar-refractivity contribution is 7.80. The number of aryl methyl sites for hydroxylation is 1. The summed E-state index contributed by atoms with van der Waals surface area (Å²) in [7, 11) is 0. The van der Waals surface area contributed by atoms with E-state index in [0.717, 1.165) is 30.5 Å². The average Bonchev–Trinajstić information content (AvgIpc) is 2.75. The van der Waals surface area contributed by atoms with Gasteiger partial charge in [0, 0.05) is 11.8 Å². The molecule has 2 rings (SSSR count). The molecule has 152 valence electrons. The zero-order valence-corrected chi connectivity index (χ0v) is 17.2. The van der Waals surface area contributed by atoms with E-state index >= 15 is 0 Å². The van der Waals surface area contributed by atoms with Gasteiger partial charge in [-0.3, -0.25) is 20.4 Å². The maximum Gasteiger partial charge on any atom is 0.257 e. The van der Waals surface area contributed by atoms with Crippen LogP contribution in [0.5, 0.6) is 0 Å². The van der Waals surface area contributed by atoms with Crippen molar-refractivity contribution in [3.05, 3.63) is 71.8 Å². The minimum absolute atomic E-state index is 0.167. The van der Waals surface area contributed by atoms with E-state index in [2.05, 4.69) is 40.5 Å². The highest BCUT2D eigenvalue weighted by atomic mass is 32.1. The lowest BCUT2D eigenvalue weighted by Gasteiger charge is -2.12. The molecule has 29 heavy (non-hydrogen) atoms. The number of benzene rings is 2. The summed E-state index contributed by atoms with van der Waals surface area (Å²) in [5.74, 6) is -0.765. The van der Waals surface area contributed by atoms with Gasteiger partial charge in [0.25, 0.3) is 5.91 Å². The number of hydrogen-bond acceptors (Lipinski definition) is 3. The second-order valence-electron chi connectivity index (χ2n) is 6.39. The molecule has 0 aliphatic heterocycles. The summed E-state index contributed by atoms with van der Waals surface area (Å²) in [6.07, 6.45) is 6.45. The van der Waals surface area contributed by atoms with E-state index in [9.17, 15) is 9.59 Å². The van der Waals surface area contributed by atoms with Gasteiger partial charge in [0.15, 0.2) is 5.11 Å². The highest BCUT2D eigenvalue weighted by Crippen LogP contribution is 2.11. The van der Waals surface area contributed by atoms with Crippen molar-refractivity contribution in [1.82, 2.24) is 16.2 Å². The van der Waals surface area contributed by atoms with E-state index in [4.69, 9.17) is 12.2 Å². The molecule has 0 aliphatic carbocycles. The van der Waals surface area contributed by atoms with E-state index in [-0.39, 0.29) is 17.6 Å². The maximum absolute atomic E-state index is 11.8. The number of rotatable bonds is 8. The largest absolute Gasteiger partial charge is 0.343 e. The minimum Gasteiger partial charge on any atom is -0.343 e. The summed E-state index contributed by atoms with van der Waals surface area (Å²) in [6.45, 7) is 2.00.